The zero-order valence-corrected chi connectivity index (χ0v) is 11.3. The van der Waals surface area contributed by atoms with Crippen LogP contribution in [0.3, 0.4) is 0 Å². The Morgan fingerprint density at radius 3 is 2.50 bits per heavy atom. The third kappa shape index (κ3) is 2.79. The summed E-state index contributed by atoms with van der Waals surface area (Å²) in [7, 11) is 0. The van der Waals surface area contributed by atoms with Crippen molar-refractivity contribution in [2.45, 2.75) is 12.8 Å². The third-order valence-corrected chi connectivity index (χ3v) is 3.85. The van der Waals surface area contributed by atoms with Gasteiger partial charge in [-0.2, -0.15) is 0 Å². The van der Waals surface area contributed by atoms with Crippen LogP contribution < -0.4 is 10.6 Å². The molecule has 1 aliphatic heterocycles. The topological polar surface area (TPSA) is 46.3 Å². The Morgan fingerprint density at radius 1 is 1.22 bits per heavy atom. The third-order valence-electron chi connectivity index (χ3n) is 2.97. The molecule has 1 fully saturated rings. The Kier molecular flexibility index (Phi) is 4.15. The lowest BCUT2D eigenvalue weighted by atomic mass is 10.1. The molecule has 2 N–H and O–H groups in total. The summed E-state index contributed by atoms with van der Waals surface area (Å²) in [5, 5.41) is 0.990. The van der Waals surface area contributed by atoms with Gasteiger partial charge in [-0.25, -0.2) is 0 Å². The predicted octanol–water partition coefficient (Wildman–Crippen LogP) is 3.09. The van der Waals surface area contributed by atoms with Crippen LogP contribution in [0.2, 0.25) is 10.0 Å². The highest BCUT2D eigenvalue weighted by molar-refractivity contribution is 6.44. The van der Waals surface area contributed by atoms with Crippen LogP contribution in [0.25, 0.3) is 6.08 Å². The fourth-order valence-electron chi connectivity index (χ4n) is 2.06. The lowest BCUT2D eigenvalue weighted by Gasteiger charge is -2.20. The first-order valence-corrected chi connectivity index (χ1v) is 6.55. The van der Waals surface area contributed by atoms with Gasteiger partial charge >= 0.3 is 0 Å². The van der Waals surface area contributed by atoms with E-state index in [1.165, 1.54) is 18.9 Å². The Hall–Kier alpha value is -1.19. The number of nitrogens with zero attached hydrogens (tertiary/aromatic N) is 1. The number of nitrogens with two attached hydrogens (primary N) is 1. The van der Waals surface area contributed by atoms with E-state index >= 15 is 0 Å². The van der Waals surface area contributed by atoms with Gasteiger partial charge in [0.1, 0.15) is 0 Å². The lowest BCUT2D eigenvalue weighted by Crippen LogP contribution is -2.18. The summed E-state index contributed by atoms with van der Waals surface area (Å²) >= 11 is 12.5. The van der Waals surface area contributed by atoms with Gasteiger partial charge in [-0.3, -0.25) is 4.79 Å². The van der Waals surface area contributed by atoms with Crippen LogP contribution >= 0.6 is 23.2 Å². The molecule has 1 saturated heterocycles. The van der Waals surface area contributed by atoms with E-state index in [1.807, 2.05) is 12.1 Å². The Morgan fingerprint density at radius 2 is 1.89 bits per heavy atom. The molecule has 1 aromatic carbocycles. The maximum absolute atomic E-state index is 10.7. The van der Waals surface area contributed by atoms with E-state index < -0.39 is 5.91 Å². The van der Waals surface area contributed by atoms with Crippen molar-refractivity contribution < 1.29 is 4.79 Å². The molecule has 3 nitrogen and oxygen atoms in total. The van der Waals surface area contributed by atoms with Crippen LogP contribution in [-0.4, -0.2) is 19.0 Å². The molecule has 96 valence electrons. The first-order chi connectivity index (χ1) is 8.59. The lowest BCUT2D eigenvalue weighted by molar-refractivity contribution is -0.113. The van der Waals surface area contributed by atoms with Crippen LogP contribution in [-0.2, 0) is 4.79 Å². The first-order valence-electron chi connectivity index (χ1n) is 5.80. The van der Waals surface area contributed by atoms with Gasteiger partial charge in [0, 0.05) is 19.2 Å². The van der Waals surface area contributed by atoms with E-state index in [0.29, 0.717) is 15.6 Å². The molecule has 0 aliphatic carbocycles. The van der Waals surface area contributed by atoms with Crippen molar-refractivity contribution in [1.82, 2.24) is 0 Å². The summed E-state index contributed by atoms with van der Waals surface area (Å²) in [5.41, 5.74) is 6.70. The minimum absolute atomic E-state index is 0.457. The van der Waals surface area contributed by atoms with E-state index in [0.717, 1.165) is 18.8 Å². The maximum atomic E-state index is 10.7. The summed E-state index contributed by atoms with van der Waals surface area (Å²) in [6.07, 6.45) is 5.20. The normalized spacial score (nSPS) is 15.6. The second-order valence-electron chi connectivity index (χ2n) is 4.23. The fourth-order valence-corrected chi connectivity index (χ4v) is 2.57. The van der Waals surface area contributed by atoms with E-state index in [4.69, 9.17) is 28.9 Å². The Balaban J connectivity index is 2.31. The molecule has 0 atom stereocenters. The quantitative estimate of drug-likeness (QED) is 0.867. The zero-order valence-electron chi connectivity index (χ0n) is 9.83. The molecule has 0 bridgehead atoms. The van der Waals surface area contributed by atoms with E-state index in [9.17, 15) is 4.79 Å². The van der Waals surface area contributed by atoms with Crippen molar-refractivity contribution in [3.63, 3.8) is 0 Å². The summed E-state index contributed by atoms with van der Waals surface area (Å²) in [6.45, 7) is 2.01. The number of rotatable bonds is 3. The summed E-state index contributed by atoms with van der Waals surface area (Å²) in [4.78, 5) is 12.9. The second kappa shape index (κ2) is 5.63. The average Bonchev–Trinajstić information content (AvgIpc) is 2.84. The predicted molar refractivity (Wildman–Crippen MR) is 76.1 cm³/mol. The van der Waals surface area contributed by atoms with Crippen molar-refractivity contribution in [3.05, 3.63) is 33.8 Å². The van der Waals surface area contributed by atoms with Gasteiger partial charge in [0.05, 0.1) is 15.7 Å². The molecule has 1 aliphatic rings. The largest absolute Gasteiger partial charge is 0.370 e. The minimum Gasteiger partial charge on any atom is -0.370 e. The molecule has 5 heteroatoms. The van der Waals surface area contributed by atoms with E-state index in [1.54, 1.807) is 6.08 Å². The molecular weight excluding hydrogens is 271 g/mol. The minimum atomic E-state index is -0.509. The highest BCUT2D eigenvalue weighted by Crippen LogP contribution is 2.37. The zero-order chi connectivity index (χ0) is 13.1. The standard InChI is InChI=1S/C13H14Cl2N2O/c14-12-9(4-6-11(16)18)3-5-10(13(12)15)17-7-1-2-8-17/h3-6H,1-2,7-8H2,(H2,16,18)/b6-4+. The molecule has 1 heterocycles. The second-order valence-corrected chi connectivity index (χ2v) is 4.99. The van der Waals surface area contributed by atoms with Gasteiger partial charge in [-0.15, -0.1) is 0 Å². The van der Waals surface area contributed by atoms with Crippen molar-refractivity contribution in [3.8, 4) is 0 Å². The van der Waals surface area contributed by atoms with Crippen molar-refractivity contribution in [2.75, 3.05) is 18.0 Å². The van der Waals surface area contributed by atoms with Gasteiger partial charge in [-0.1, -0.05) is 29.3 Å². The number of benzene rings is 1. The smallest absolute Gasteiger partial charge is 0.241 e. The van der Waals surface area contributed by atoms with Gasteiger partial charge < -0.3 is 10.6 Å². The molecule has 2 rings (SSSR count). The molecule has 18 heavy (non-hydrogen) atoms. The number of carbonyl (C=O) groups is 1. The van der Waals surface area contributed by atoms with Crippen LogP contribution in [0.15, 0.2) is 18.2 Å². The summed E-state index contributed by atoms with van der Waals surface area (Å²) in [6, 6.07) is 3.78. The van der Waals surface area contributed by atoms with Crippen LogP contribution in [0.5, 0.6) is 0 Å². The number of anilines is 1. The van der Waals surface area contributed by atoms with Gasteiger partial charge in [0.2, 0.25) is 5.91 Å². The number of hydrogen-bond donors (Lipinski definition) is 1. The Bertz CT molecular complexity index is 494. The number of hydrogen-bond acceptors (Lipinski definition) is 2. The molecular formula is C13H14Cl2N2O. The molecule has 1 aromatic rings. The highest BCUT2D eigenvalue weighted by atomic mass is 35.5. The molecule has 0 spiro atoms. The number of halogens is 2. The Labute approximate surface area is 116 Å². The number of amides is 1. The van der Waals surface area contributed by atoms with Gasteiger partial charge in [0.25, 0.3) is 0 Å². The van der Waals surface area contributed by atoms with Crippen LogP contribution in [0.1, 0.15) is 18.4 Å². The van der Waals surface area contributed by atoms with Gasteiger partial charge in [-0.05, 0) is 30.5 Å². The van der Waals surface area contributed by atoms with Crippen molar-refractivity contribution in [1.29, 1.82) is 0 Å². The van der Waals surface area contributed by atoms with E-state index in [2.05, 4.69) is 4.90 Å². The number of carbonyl (C=O) groups excluding carboxylic acids is 1. The molecule has 0 radical (unpaired) electrons. The highest BCUT2D eigenvalue weighted by Gasteiger charge is 2.17. The van der Waals surface area contributed by atoms with Gasteiger partial charge in [0.15, 0.2) is 0 Å². The summed E-state index contributed by atoms with van der Waals surface area (Å²) < 4.78 is 0. The van der Waals surface area contributed by atoms with Crippen LogP contribution in [0.4, 0.5) is 5.69 Å². The maximum Gasteiger partial charge on any atom is 0.241 e. The average molecular weight is 285 g/mol. The van der Waals surface area contributed by atoms with E-state index in [-0.39, 0.29) is 0 Å². The van der Waals surface area contributed by atoms with Crippen LogP contribution in [0, 0.1) is 0 Å². The van der Waals surface area contributed by atoms with Crippen molar-refractivity contribution in [2.24, 2.45) is 5.73 Å². The molecule has 0 saturated carbocycles. The summed E-state index contributed by atoms with van der Waals surface area (Å²) in [5.74, 6) is -0.509. The first kappa shape index (κ1) is 13.2. The SMILES string of the molecule is NC(=O)/C=C/c1ccc(N2CCCC2)c(Cl)c1Cl. The molecule has 0 aromatic heterocycles. The number of primary amides is 1. The molecule has 1 amide bonds. The fraction of sp³-hybridized carbons (Fsp3) is 0.308. The monoisotopic (exact) mass is 284 g/mol. The van der Waals surface area contributed by atoms with Crippen molar-refractivity contribution >= 4 is 40.9 Å². The molecule has 0 unspecified atom stereocenters.